The van der Waals surface area contributed by atoms with Crippen molar-refractivity contribution in [2.45, 2.75) is 0 Å². The molecule has 0 aliphatic heterocycles. The fourth-order valence-electron chi connectivity index (χ4n) is 7.46. The van der Waals surface area contributed by atoms with Gasteiger partial charge in [0, 0.05) is 33.0 Å². The average Bonchev–Trinajstić information content (AvgIpc) is 3.69. The summed E-state index contributed by atoms with van der Waals surface area (Å²) < 4.78 is 4.44. The molecular formula is C45H25N5. The first-order chi connectivity index (χ1) is 24.7. The molecule has 7 aromatic carbocycles. The minimum Gasteiger partial charge on any atom is -0.309 e. The van der Waals surface area contributed by atoms with Gasteiger partial charge in [0.05, 0.1) is 57.6 Å². The number of fused-ring (bicyclic) bond motifs is 6. The molecule has 2 heterocycles. The first-order valence-corrected chi connectivity index (χ1v) is 16.3. The molecule has 0 saturated heterocycles. The Morgan fingerprint density at radius 1 is 0.460 bits per heavy atom. The van der Waals surface area contributed by atoms with Crippen LogP contribution < -0.4 is 0 Å². The van der Waals surface area contributed by atoms with Crippen molar-refractivity contribution in [1.82, 2.24) is 9.13 Å². The maximum atomic E-state index is 10.6. The van der Waals surface area contributed by atoms with Gasteiger partial charge in [-0.15, -0.1) is 0 Å². The molecule has 9 rings (SSSR count). The number of benzene rings is 7. The molecule has 5 heteroatoms. The zero-order valence-electron chi connectivity index (χ0n) is 26.7. The number of hydrogen-bond donors (Lipinski definition) is 0. The lowest BCUT2D eigenvalue weighted by molar-refractivity contribution is 1.18. The van der Waals surface area contributed by atoms with Crippen LogP contribution in [0.2, 0.25) is 0 Å². The highest BCUT2D eigenvalue weighted by atomic mass is 15.0. The summed E-state index contributed by atoms with van der Waals surface area (Å²) in [6, 6.07) is 55.6. The average molecular weight is 636 g/mol. The van der Waals surface area contributed by atoms with E-state index in [9.17, 15) is 10.5 Å². The summed E-state index contributed by atoms with van der Waals surface area (Å²) in [4.78, 5) is 3.66. The fourth-order valence-corrected chi connectivity index (χ4v) is 7.46. The summed E-state index contributed by atoms with van der Waals surface area (Å²) >= 11 is 0. The number of rotatable bonds is 4. The Morgan fingerprint density at radius 2 is 1.04 bits per heavy atom. The normalized spacial score (nSPS) is 11.1. The second-order valence-electron chi connectivity index (χ2n) is 12.3. The molecule has 5 nitrogen and oxygen atoms in total. The number of nitriles is 2. The van der Waals surface area contributed by atoms with Crippen molar-refractivity contribution in [3.63, 3.8) is 0 Å². The fraction of sp³-hybridized carbons (Fsp3) is 0. The van der Waals surface area contributed by atoms with E-state index in [0.717, 1.165) is 77.2 Å². The van der Waals surface area contributed by atoms with Gasteiger partial charge >= 0.3 is 0 Å². The maximum absolute atomic E-state index is 10.6. The Labute approximate surface area is 288 Å². The van der Waals surface area contributed by atoms with Crippen molar-refractivity contribution in [3.05, 3.63) is 174 Å². The molecule has 0 amide bonds. The Hall–Kier alpha value is -7.39. The molecule has 0 aliphatic carbocycles. The van der Waals surface area contributed by atoms with Gasteiger partial charge in [-0.25, -0.2) is 4.85 Å². The second kappa shape index (κ2) is 11.4. The molecule has 50 heavy (non-hydrogen) atoms. The molecule has 230 valence electrons. The standard InChI is InChI=1S/C45H25N5/c1-48-31-19-23-44-40(26-31)38-14-5-7-15-41(38)49(44)32-20-21-33(30(25-32)28-47)34-10-2-3-11-35(34)36-12-4-8-16-42(36)50-43-17-9-6-13-37(43)39-24-29(27-46)18-22-45(39)50/h2-26H. The molecule has 9 aromatic rings. The molecular weight excluding hydrogens is 611 g/mol. The highest BCUT2D eigenvalue weighted by Gasteiger charge is 2.20. The summed E-state index contributed by atoms with van der Waals surface area (Å²) in [6.45, 7) is 7.55. The van der Waals surface area contributed by atoms with Crippen molar-refractivity contribution in [2.24, 2.45) is 0 Å². The molecule has 0 unspecified atom stereocenters. The van der Waals surface area contributed by atoms with Gasteiger partial charge in [0.1, 0.15) is 0 Å². The van der Waals surface area contributed by atoms with Crippen LogP contribution in [-0.4, -0.2) is 9.13 Å². The Balaban J connectivity index is 1.24. The minimum absolute atomic E-state index is 0.567. The van der Waals surface area contributed by atoms with Crippen LogP contribution in [0.3, 0.4) is 0 Å². The number of nitrogens with zero attached hydrogens (tertiary/aromatic N) is 5. The van der Waals surface area contributed by atoms with Crippen LogP contribution >= 0.6 is 0 Å². The van der Waals surface area contributed by atoms with Crippen LogP contribution in [-0.2, 0) is 0 Å². The van der Waals surface area contributed by atoms with Crippen LogP contribution in [0.25, 0.3) is 82.1 Å². The van der Waals surface area contributed by atoms with E-state index in [2.05, 4.69) is 80.7 Å². The van der Waals surface area contributed by atoms with Gasteiger partial charge in [-0.2, -0.15) is 10.5 Å². The van der Waals surface area contributed by atoms with E-state index >= 15 is 0 Å². The van der Waals surface area contributed by atoms with Gasteiger partial charge in [0.25, 0.3) is 0 Å². The summed E-state index contributed by atoms with van der Waals surface area (Å²) in [7, 11) is 0. The monoisotopic (exact) mass is 635 g/mol. The van der Waals surface area contributed by atoms with E-state index < -0.39 is 0 Å². The van der Waals surface area contributed by atoms with Crippen LogP contribution in [0, 0.1) is 29.2 Å². The Kier molecular flexibility index (Phi) is 6.56. The lowest BCUT2D eigenvalue weighted by atomic mass is 9.91. The number of aromatic nitrogens is 2. The smallest absolute Gasteiger partial charge is 0.188 e. The van der Waals surface area contributed by atoms with E-state index in [1.54, 1.807) is 0 Å². The number of hydrogen-bond acceptors (Lipinski definition) is 2. The second-order valence-corrected chi connectivity index (χ2v) is 12.3. The highest BCUT2D eigenvalue weighted by Crippen LogP contribution is 2.41. The zero-order valence-corrected chi connectivity index (χ0v) is 26.7. The molecule has 0 fully saturated rings. The van der Waals surface area contributed by atoms with Crippen LogP contribution in [0.15, 0.2) is 152 Å². The summed E-state index contributed by atoms with van der Waals surface area (Å²) in [5.41, 5.74) is 11.6. The molecule has 0 radical (unpaired) electrons. The van der Waals surface area contributed by atoms with E-state index in [-0.39, 0.29) is 0 Å². The summed E-state index contributed by atoms with van der Waals surface area (Å²) in [6.07, 6.45) is 0. The maximum Gasteiger partial charge on any atom is 0.188 e. The minimum atomic E-state index is 0.567. The van der Waals surface area contributed by atoms with Gasteiger partial charge in [-0.3, -0.25) is 0 Å². The summed E-state index contributed by atoms with van der Waals surface area (Å²) in [5.74, 6) is 0. The van der Waals surface area contributed by atoms with Gasteiger partial charge in [0.15, 0.2) is 5.69 Å². The molecule has 0 saturated carbocycles. The quantitative estimate of drug-likeness (QED) is 0.181. The first kappa shape index (κ1) is 28.8. The van der Waals surface area contributed by atoms with E-state index in [0.29, 0.717) is 16.8 Å². The van der Waals surface area contributed by atoms with E-state index in [1.807, 2.05) is 97.1 Å². The third-order valence-electron chi connectivity index (χ3n) is 9.62. The zero-order chi connectivity index (χ0) is 33.8. The van der Waals surface area contributed by atoms with Gasteiger partial charge in [-0.1, -0.05) is 91.0 Å². The summed E-state index contributed by atoms with van der Waals surface area (Å²) in [5, 5.41) is 24.5. The Bertz CT molecular complexity index is 2970. The van der Waals surface area contributed by atoms with Crippen molar-refractivity contribution in [3.8, 4) is 45.8 Å². The number of para-hydroxylation sites is 3. The van der Waals surface area contributed by atoms with Gasteiger partial charge < -0.3 is 9.13 Å². The largest absolute Gasteiger partial charge is 0.309 e. The van der Waals surface area contributed by atoms with Gasteiger partial charge in [0.2, 0.25) is 0 Å². The SMILES string of the molecule is [C-]#[N+]c1ccc2c(c1)c1ccccc1n2-c1ccc(-c2ccccc2-c2ccccc2-n2c3ccccc3c3cc(C#N)ccc32)c(C#N)c1. The Morgan fingerprint density at radius 3 is 1.76 bits per heavy atom. The lowest BCUT2D eigenvalue weighted by Crippen LogP contribution is -1.99. The van der Waals surface area contributed by atoms with Gasteiger partial charge in [-0.05, 0) is 77.2 Å². The topological polar surface area (TPSA) is 61.8 Å². The third-order valence-corrected chi connectivity index (χ3v) is 9.62. The molecule has 0 bridgehead atoms. The van der Waals surface area contributed by atoms with Crippen LogP contribution in [0.5, 0.6) is 0 Å². The third kappa shape index (κ3) is 4.31. The van der Waals surface area contributed by atoms with Crippen LogP contribution in [0.1, 0.15) is 11.1 Å². The van der Waals surface area contributed by atoms with Crippen molar-refractivity contribution in [1.29, 1.82) is 10.5 Å². The van der Waals surface area contributed by atoms with Crippen molar-refractivity contribution in [2.75, 3.05) is 0 Å². The lowest BCUT2D eigenvalue weighted by Gasteiger charge is -2.18. The van der Waals surface area contributed by atoms with Crippen molar-refractivity contribution >= 4 is 49.3 Å². The molecule has 0 atom stereocenters. The molecule has 0 N–H and O–H groups in total. The molecule has 0 aliphatic rings. The molecule has 0 spiro atoms. The highest BCUT2D eigenvalue weighted by molar-refractivity contribution is 6.11. The predicted molar refractivity (Wildman–Crippen MR) is 202 cm³/mol. The van der Waals surface area contributed by atoms with E-state index in [1.165, 1.54) is 0 Å². The van der Waals surface area contributed by atoms with Crippen LogP contribution in [0.4, 0.5) is 5.69 Å². The van der Waals surface area contributed by atoms with Crippen molar-refractivity contribution < 1.29 is 0 Å². The predicted octanol–water partition coefficient (Wildman–Crippen LogP) is 11.5. The van der Waals surface area contributed by atoms with E-state index in [4.69, 9.17) is 6.57 Å². The molecule has 2 aromatic heterocycles. The first-order valence-electron chi connectivity index (χ1n) is 16.3.